The maximum absolute atomic E-state index is 6.40. The van der Waals surface area contributed by atoms with E-state index in [-0.39, 0.29) is 0 Å². The third-order valence-electron chi connectivity index (χ3n) is 3.92. The molecule has 1 N–H and O–H groups in total. The molecule has 0 saturated carbocycles. The fraction of sp³-hybridized carbons (Fsp3) is 0.200. The minimum Gasteiger partial charge on any atom is -0.322 e. The van der Waals surface area contributed by atoms with E-state index in [2.05, 4.69) is 53.8 Å². The Balaban J connectivity index is 1.46. The molecule has 0 aliphatic heterocycles. The summed E-state index contributed by atoms with van der Waals surface area (Å²) in [4.78, 5) is 0. The average molecular weight is 325 g/mol. The highest BCUT2D eigenvalue weighted by Crippen LogP contribution is 2.22. The zero-order chi connectivity index (χ0) is 15.9. The highest BCUT2D eigenvalue weighted by Gasteiger charge is 2.03. The number of benzene rings is 2. The first-order valence-corrected chi connectivity index (χ1v) is 8.37. The van der Waals surface area contributed by atoms with Gasteiger partial charge in [-0.1, -0.05) is 48.0 Å². The SMILES string of the molecule is Clc1cc(CCNCCc2ccccc2)ccc1-n1cccc1. The van der Waals surface area contributed by atoms with E-state index in [1.165, 1.54) is 11.1 Å². The van der Waals surface area contributed by atoms with Crippen molar-refractivity contribution in [1.82, 2.24) is 9.88 Å². The summed E-state index contributed by atoms with van der Waals surface area (Å²) in [6.45, 7) is 1.96. The van der Waals surface area contributed by atoms with Crippen molar-refractivity contribution in [3.05, 3.63) is 89.2 Å². The van der Waals surface area contributed by atoms with Gasteiger partial charge in [0.05, 0.1) is 10.7 Å². The Hall–Kier alpha value is -2.03. The molecule has 0 unspecified atom stereocenters. The normalized spacial score (nSPS) is 10.8. The molecule has 0 radical (unpaired) electrons. The molecule has 23 heavy (non-hydrogen) atoms. The summed E-state index contributed by atoms with van der Waals surface area (Å²) in [5.41, 5.74) is 3.66. The van der Waals surface area contributed by atoms with Gasteiger partial charge in [0.25, 0.3) is 0 Å². The van der Waals surface area contributed by atoms with Crippen LogP contribution in [0, 0.1) is 0 Å². The van der Waals surface area contributed by atoms with E-state index in [1.54, 1.807) is 0 Å². The van der Waals surface area contributed by atoms with Crippen LogP contribution in [0.3, 0.4) is 0 Å². The summed E-state index contributed by atoms with van der Waals surface area (Å²) >= 11 is 6.40. The molecule has 0 aliphatic carbocycles. The highest BCUT2D eigenvalue weighted by atomic mass is 35.5. The van der Waals surface area contributed by atoms with E-state index in [0.29, 0.717) is 0 Å². The van der Waals surface area contributed by atoms with Crippen LogP contribution < -0.4 is 5.32 Å². The molecule has 0 bridgehead atoms. The van der Waals surface area contributed by atoms with Crippen LogP contribution in [0.5, 0.6) is 0 Å². The average Bonchev–Trinajstić information content (AvgIpc) is 3.10. The Morgan fingerprint density at radius 2 is 1.48 bits per heavy atom. The molecule has 3 rings (SSSR count). The minimum absolute atomic E-state index is 0.794. The standard InChI is InChI=1S/C20H21ClN2/c21-19-16-18(8-9-20(19)23-14-4-5-15-23)11-13-22-12-10-17-6-2-1-3-7-17/h1-9,14-16,22H,10-13H2. The van der Waals surface area contributed by atoms with Crippen LogP contribution in [0.1, 0.15) is 11.1 Å². The Bertz CT molecular complexity index is 721. The molecule has 0 aliphatic rings. The fourth-order valence-corrected chi connectivity index (χ4v) is 2.95. The Morgan fingerprint density at radius 1 is 0.783 bits per heavy atom. The van der Waals surface area contributed by atoms with Gasteiger partial charge < -0.3 is 9.88 Å². The number of nitrogens with zero attached hydrogens (tertiary/aromatic N) is 1. The zero-order valence-electron chi connectivity index (χ0n) is 13.1. The first-order valence-electron chi connectivity index (χ1n) is 7.99. The van der Waals surface area contributed by atoms with Gasteiger partial charge >= 0.3 is 0 Å². The van der Waals surface area contributed by atoms with Crippen LogP contribution in [0.2, 0.25) is 5.02 Å². The molecule has 2 aromatic carbocycles. The Morgan fingerprint density at radius 3 is 2.17 bits per heavy atom. The maximum atomic E-state index is 6.40. The first-order chi connectivity index (χ1) is 11.3. The minimum atomic E-state index is 0.794. The molecule has 0 saturated heterocycles. The van der Waals surface area contributed by atoms with Gasteiger partial charge in [0, 0.05) is 12.4 Å². The van der Waals surface area contributed by atoms with E-state index in [4.69, 9.17) is 11.6 Å². The van der Waals surface area contributed by atoms with Crippen LogP contribution in [0.15, 0.2) is 73.1 Å². The van der Waals surface area contributed by atoms with E-state index in [0.717, 1.165) is 36.6 Å². The van der Waals surface area contributed by atoms with Crippen LogP contribution >= 0.6 is 11.6 Å². The summed E-state index contributed by atoms with van der Waals surface area (Å²) in [5.74, 6) is 0. The number of aromatic nitrogens is 1. The summed E-state index contributed by atoms with van der Waals surface area (Å²) in [6, 6.07) is 20.9. The van der Waals surface area contributed by atoms with Crippen molar-refractivity contribution in [3.63, 3.8) is 0 Å². The van der Waals surface area contributed by atoms with Crippen molar-refractivity contribution in [2.45, 2.75) is 12.8 Å². The van der Waals surface area contributed by atoms with Gasteiger partial charge in [-0.15, -0.1) is 0 Å². The van der Waals surface area contributed by atoms with E-state index in [9.17, 15) is 0 Å². The Kier molecular flexibility index (Phi) is 5.51. The van der Waals surface area contributed by atoms with Gasteiger partial charge in [-0.2, -0.15) is 0 Å². The number of hydrogen-bond acceptors (Lipinski definition) is 1. The first kappa shape index (κ1) is 15.9. The van der Waals surface area contributed by atoms with Crippen LogP contribution in [-0.4, -0.2) is 17.7 Å². The lowest BCUT2D eigenvalue weighted by Gasteiger charge is -2.09. The van der Waals surface area contributed by atoms with Gasteiger partial charge in [-0.3, -0.25) is 0 Å². The zero-order valence-corrected chi connectivity index (χ0v) is 13.8. The predicted octanol–water partition coefficient (Wildman–Crippen LogP) is 4.51. The number of rotatable bonds is 7. The predicted molar refractivity (Wildman–Crippen MR) is 97.5 cm³/mol. The second-order valence-electron chi connectivity index (χ2n) is 5.61. The van der Waals surface area contributed by atoms with Crippen molar-refractivity contribution in [3.8, 4) is 5.69 Å². The molecule has 0 atom stereocenters. The van der Waals surface area contributed by atoms with E-state index in [1.807, 2.05) is 29.1 Å². The molecule has 1 aromatic heterocycles. The molecule has 0 fully saturated rings. The Labute approximate surface area is 142 Å². The second-order valence-corrected chi connectivity index (χ2v) is 6.02. The van der Waals surface area contributed by atoms with Gasteiger partial charge in [0.1, 0.15) is 0 Å². The third-order valence-corrected chi connectivity index (χ3v) is 4.22. The van der Waals surface area contributed by atoms with E-state index < -0.39 is 0 Å². The number of halogens is 1. The molecule has 3 aromatic rings. The number of hydrogen-bond donors (Lipinski definition) is 1. The lowest BCUT2D eigenvalue weighted by molar-refractivity contribution is 0.681. The molecule has 1 heterocycles. The van der Waals surface area contributed by atoms with Crippen LogP contribution in [-0.2, 0) is 12.8 Å². The summed E-state index contributed by atoms with van der Waals surface area (Å²) < 4.78 is 2.03. The lowest BCUT2D eigenvalue weighted by Crippen LogP contribution is -2.20. The molecule has 118 valence electrons. The molecular formula is C20H21ClN2. The summed E-state index contributed by atoms with van der Waals surface area (Å²) in [5, 5.41) is 4.29. The van der Waals surface area contributed by atoms with Crippen LogP contribution in [0.25, 0.3) is 5.69 Å². The molecule has 0 amide bonds. The van der Waals surface area contributed by atoms with Crippen LogP contribution in [0.4, 0.5) is 0 Å². The van der Waals surface area contributed by atoms with Gasteiger partial charge in [-0.25, -0.2) is 0 Å². The lowest BCUT2D eigenvalue weighted by atomic mass is 10.1. The summed E-state index contributed by atoms with van der Waals surface area (Å²) in [7, 11) is 0. The molecule has 3 heteroatoms. The van der Waals surface area contributed by atoms with Gasteiger partial charge in [0.15, 0.2) is 0 Å². The van der Waals surface area contributed by atoms with Crippen molar-refractivity contribution in [2.75, 3.05) is 13.1 Å². The third kappa shape index (κ3) is 4.47. The van der Waals surface area contributed by atoms with Crippen molar-refractivity contribution in [2.24, 2.45) is 0 Å². The molecular weight excluding hydrogens is 304 g/mol. The number of nitrogens with one attached hydrogen (secondary N) is 1. The maximum Gasteiger partial charge on any atom is 0.0649 e. The monoisotopic (exact) mass is 324 g/mol. The van der Waals surface area contributed by atoms with Gasteiger partial charge in [-0.05, 0) is 61.3 Å². The van der Waals surface area contributed by atoms with Crippen molar-refractivity contribution < 1.29 is 0 Å². The van der Waals surface area contributed by atoms with E-state index >= 15 is 0 Å². The largest absolute Gasteiger partial charge is 0.322 e. The summed E-state index contributed by atoms with van der Waals surface area (Å²) in [6.07, 6.45) is 6.06. The highest BCUT2D eigenvalue weighted by molar-refractivity contribution is 6.32. The molecule has 0 spiro atoms. The van der Waals surface area contributed by atoms with Crippen molar-refractivity contribution in [1.29, 1.82) is 0 Å². The topological polar surface area (TPSA) is 17.0 Å². The molecule has 2 nitrogen and oxygen atoms in total. The fourth-order valence-electron chi connectivity index (χ4n) is 2.65. The quantitative estimate of drug-likeness (QED) is 0.633. The van der Waals surface area contributed by atoms with Gasteiger partial charge in [0.2, 0.25) is 0 Å². The van der Waals surface area contributed by atoms with Crippen molar-refractivity contribution >= 4 is 11.6 Å². The second kappa shape index (κ2) is 8.00. The smallest absolute Gasteiger partial charge is 0.0649 e.